The highest BCUT2D eigenvalue weighted by Crippen LogP contribution is 2.27. The third-order valence-electron chi connectivity index (χ3n) is 3.42. The van der Waals surface area contributed by atoms with Crippen LogP contribution in [-0.2, 0) is 11.8 Å². The standard InChI is InChI=1S/C14H19N3O3S/c1-4-5-9(14(19)20)7-15-12(18)11-6-10-8(2)16-17(3)13(10)21-11/h6,9H,4-5,7H2,1-3H3,(H,15,18)(H,19,20). The highest BCUT2D eigenvalue weighted by atomic mass is 32.1. The van der Waals surface area contributed by atoms with E-state index in [1.165, 1.54) is 11.3 Å². The van der Waals surface area contributed by atoms with Crippen LogP contribution in [0.25, 0.3) is 10.2 Å². The van der Waals surface area contributed by atoms with Gasteiger partial charge in [-0.1, -0.05) is 13.3 Å². The van der Waals surface area contributed by atoms with E-state index in [0.29, 0.717) is 11.3 Å². The van der Waals surface area contributed by atoms with Crippen molar-refractivity contribution in [1.29, 1.82) is 0 Å². The van der Waals surface area contributed by atoms with E-state index in [-0.39, 0.29) is 12.5 Å². The molecule has 0 spiro atoms. The Bertz CT molecular complexity index is 640. The number of carbonyl (C=O) groups is 2. The van der Waals surface area contributed by atoms with Crippen molar-refractivity contribution in [3.63, 3.8) is 0 Å². The van der Waals surface area contributed by atoms with Crippen molar-refractivity contribution >= 4 is 33.4 Å². The van der Waals surface area contributed by atoms with Gasteiger partial charge in [-0.25, -0.2) is 0 Å². The number of thiophene rings is 1. The van der Waals surface area contributed by atoms with Gasteiger partial charge in [-0.2, -0.15) is 5.10 Å². The summed E-state index contributed by atoms with van der Waals surface area (Å²) in [6, 6.07) is 1.81. The summed E-state index contributed by atoms with van der Waals surface area (Å²) in [5, 5.41) is 17.1. The minimum Gasteiger partial charge on any atom is -0.481 e. The number of aliphatic carboxylic acids is 1. The smallest absolute Gasteiger partial charge is 0.308 e. The first-order valence-electron chi connectivity index (χ1n) is 6.88. The van der Waals surface area contributed by atoms with Crippen molar-refractivity contribution in [1.82, 2.24) is 15.1 Å². The van der Waals surface area contributed by atoms with E-state index < -0.39 is 11.9 Å². The van der Waals surface area contributed by atoms with Crippen molar-refractivity contribution in [2.75, 3.05) is 6.54 Å². The molecule has 6 nitrogen and oxygen atoms in total. The predicted octanol–water partition coefficient (Wildman–Crippen LogP) is 2.17. The fourth-order valence-electron chi connectivity index (χ4n) is 2.28. The SMILES string of the molecule is CCCC(CNC(=O)c1cc2c(C)nn(C)c2s1)C(=O)O. The van der Waals surface area contributed by atoms with Crippen LogP contribution in [0.15, 0.2) is 6.07 Å². The van der Waals surface area contributed by atoms with Gasteiger partial charge in [-0.15, -0.1) is 11.3 Å². The second-order valence-corrected chi connectivity index (χ2v) is 6.10. The third-order valence-corrected chi connectivity index (χ3v) is 4.62. The Labute approximate surface area is 126 Å². The molecule has 21 heavy (non-hydrogen) atoms. The van der Waals surface area contributed by atoms with Gasteiger partial charge in [0.2, 0.25) is 0 Å². The number of carboxylic acids is 1. The largest absolute Gasteiger partial charge is 0.481 e. The summed E-state index contributed by atoms with van der Waals surface area (Å²) in [6.07, 6.45) is 1.34. The summed E-state index contributed by atoms with van der Waals surface area (Å²) in [5.74, 6) is -1.62. The molecule has 0 aliphatic rings. The number of rotatable bonds is 6. The van der Waals surface area contributed by atoms with E-state index in [1.54, 1.807) is 4.68 Å². The Morgan fingerprint density at radius 1 is 1.52 bits per heavy atom. The van der Waals surface area contributed by atoms with Gasteiger partial charge in [-0.3, -0.25) is 14.3 Å². The third kappa shape index (κ3) is 3.24. The van der Waals surface area contributed by atoms with Gasteiger partial charge in [-0.05, 0) is 19.4 Å². The zero-order valence-corrected chi connectivity index (χ0v) is 13.2. The molecule has 0 fully saturated rings. The van der Waals surface area contributed by atoms with Gasteiger partial charge in [0.25, 0.3) is 5.91 Å². The summed E-state index contributed by atoms with van der Waals surface area (Å²) in [7, 11) is 1.84. The summed E-state index contributed by atoms with van der Waals surface area (Å²) >= 11 is 1.37. The summed E-state index contributed by atoms with van der Waals surface area (Å²) in [6.45, 7) is 3.99. The molecule has 0 radical (unpaired) electrons. The lowest BCUT2D eigenvalue weighted by atomic mass is 10.0. The first-order chi connectivity index (χ1) is 9.93. The lowest BCUT2D eigenvalue weighted by Crippen LogP contribution is -2.32. The summed E-state index contributed by atoms with van der Waals surface area (Å²) in [5.41, 5.74) is 0.886. The first-order valence-corrected chi connectivity index (χ1v) is 7.69. The van der Waals surface area contributed by atoms with Gasteiger partial charge in [0.1, 0.15) is 4.83 Å². The van der Waals surface area contributed by atoms with Crippen LogP contribution in [0.3, 0.4) is 0 Å². The van der Waals surface area contributed by atoms with E-state index in [9.17, 15) is 9.59 Å². The minimum absolute atomic E-state index is 0.160. The van der Waals surface area contributed by atoms with E-state index in [2.05, 4.69) is 10.4 Å². The number of carboxylic acid groups (broad SMARTS) is 1. The second-order valence-electron chi connectivity index (χ2n) is 5.07. The van der Waals surface area contributed by atoms with Crippen LogP contribution >= 0.6 is 11.3 Å². The van der Waals surface area contributed by atoms with E-state index in [1.807, 2.05) is 27.0 Å². The average Bonchev–Trinajstić information content (AvgIpc) is 2.97. The zero-order valence-electron chi connectivity index (χ0n) is 12.3. The van der Waals surface area contributed by atoms with E-state index >= 15 is 0 Å². The van der Waals surface area contributed by atoms with Crippen LogP contribution in [-0.4, -0.2) is 33.3 Å². The molecule has 2 aromatic rings. The Balaban J connectivity index is 2.08. The molecule has 2 aromatic heterocycles. The van der Waals surface area contributed by atoms with Crippen molar-refractivity contribution < 1.29 is 14.7 Å². The molecular weight excluding hydrogens is 290 g/mol. The van der Waals surface area contributed by atoms with Crippen LogP contribution < -0.4 is 5.32 Å². The lowest BCUT2D eigenvalue weighted by molar-refractivity contribution is -0.141. The number of carbonyl (C=O) groups excluding carboxylic acids is 1. The number of hydrogen-bond acceptors (Lipinski definition) is 4. The molecule has 1 unspecified atom stereocenters. The zero-order chi connectivity index (χ0) is 15.6. The molecule has 0 bridgehead atoms. The number of nitrogens with zero attached hydrogens (tertiary/aromatic N) is 2. The number of aromatic nitrogens is 2. The van der Waals surface area contributed by atoms with Crippen LogP contribution in [0.4, 0.5) is 0 Å². The van der Waals surface area contributed by atoms with E-state index in [0.717, 1.165) is 22.3 Å². The maximum Gasteiger partial charge on any atom is 0.308 e. The number of amides is 1. The highest BCUT2D eigenvalue weighted by Gasteiger charge is 2.19. The van der Waals surface area contributed by atoms with Gasteiger partial charge in [0.15, 0.2) is 0 Å². The van der Waals surface area contributed by atoms with Crippen LogP contribution in [0.2, 0.25) is 0 Å². The molecular formula is C14H19N3O3S. The van der Waals surface area contributed by atoms with Crippen LogP contribution in [0.5, 0.6) is 0 Å². The molecule has 0 aliphatic heterocycles. The molecule has 2 N–H and O–H groups in total. The highest BCUT2D eigenvalue weighted by molar-refractivity contribution is 7.20. The van der Waals surface area contributed by atoms with Gasteiger partial charge in [0, 0.05) is 19.0 Å². The Morgan fingerprint density at radius 3 is 2.81 bits per heavy atom. The topological polar surface area (TPSA) is 84.2 Å². The Hall–Kier alpha value is -1.89. The summed E-state index contributed by atoms with van der Waals surface area (Å²) in [4.78, 5) is 24.7. The van der Waals surface area contributed by atoms with Gasteiger partial charge in [0.05, 0.1) is 16.5 Å². The van der Waals surface area contributed by atoms with Crippen molar-refractivity contribution in [3.8, 4) is 0 Å². The van der Waals surface area contributed by atoms with Crippen molar-refractivity contribution in [2.45, 2.75) is 26.7 Å². The fourth-order valence-corrected chi connectivity index (χ4v) is 3.32. The van der Waals surface area contributed by atoms with Crippen molar-refractivity contribution in [3.05, 3.63) is 16.6 Å². The number of nitrogens with one attached hydrogen (secondary N) is 1. The van der Waals surface area contributed by atoms with Gasteiger partial charge < -0.3 is 10.4 Å². The lowest BCUT2D eigenvalue weighted by Gasteiger charge is -2.11. The molecule has 1 amide bonds. The molecule has 7 heteroatoms. The van der Waals surface area contributed by atoms with Crippen LogP contribution in [0, 0.1) is 12.8 Å². The number of fused-ring (bicyclic) bond motifs is 1. The monoisotopic (exact) mass is 309 g/mol. The predicted molar refractivity (Wildman–Crippen MR) is 81.7 cm³/mol. The molecule has 1 atom stereocenters. The molecule has 0 aromatic carbocycles. The summed E-state index contributed by atoms with van der Waals surface area (Å²) < 4.78 is 1.75. The molecule has 2 rings (SSSR count). The molecule has 114 valence electrons. The molecule has 0 saturated carbocycles. The first kappa shape index (κ1) is 15.5. The minimum atomic E-state index is -0.867. The Morgan fingerprint density at radius 2 is 2.24 bits per heavy atom. The normalized spacial score (nSPS) is 12.5. The quantitative estimate of drug-likeness (QED) is 0.856. The number of hydrogen-bond donors (Lipinski definition) is 2. The number of aryl methyl sites for hydroxylation is 2. The molecule has 2 heterocycles. The maximum atomic E-state index is 12.1. The van der Waals surface area contributed by atoms with Crippen LogP contribution in [0.1, 0.15) is 35.1 Å². The maximum absolute atomic E-state index is 12.1. The van der Waals surface area contributed by atoms with Gasteiger partial charge >= 0.3 is 5.97 Å². The van der Waals surface area contributed by atoms with Crippen molar-refractivity contribution in [2.24, 2.45) is 13.0 Å². The van der Waals surface area contributed by atoms with E-state index in [4.69, 9.17) is 5.11 Å². The molecule has 0 aliphatic carbocycles. The second kappa shape index (κ2) is 6.26. The average molecular weight is 309 g/mol. The fraction of sp³-hybridized carbons (Fsp3) is 0.500. The Kier molecular flexibility index (Phi) is 4.62. The molecule has 0 saturated heterocycles.